The molecular formula is C13H10ClF3N4O4. The van der Waals surface area contributed by atoms with Crippen LogP contribution in [0.2, 0.25) is 5.02 Å². The summed E-state index contributed by atoms with van der Waals surface area (Å²) in [6.07, 6.45) is -5.01. The molecule has 0 fully saturated rings. The fourth-order valence-corrected chi connectivity index (χ4v) is 2.04. The molecule has 2 N–H and O–H groups in total. The first kappa shape index (κ1) is 18.5. The first-order valence-electron chi connectivity index (χ1n) is 6.54. The minimum Gasteiger partial charge on any atom is -0.408 e. The van der Waals surface area contributed by atoms with E-state index < -0.39 is 34.6 Å². The van der Waals surface area contributed by atoms with E-state index in [-0.39, 0.29) is 17.5 Å². The fourth-order valence-electron chi connectivity index (χ4n) is 1.75. The maximum absolute atomic E-state index is 12.5. The third kappa shape index (κ3) is 4.83. The molecule has 1 aromatic heterocycles. The van der Waals surface area contributed by atoms with Gasteiger partial charge in [-0.1, -0.05) is 16.7 Å². The summed E-state index contributed by atoms with van der Waals surface area (Å²) in [6, 6.07) is 1.61. The van der Waals surface area contributed by atoms with Gasteiger partial charge in [-0.3, -0.25) is 14.9 Å². The van der Waals surface area contributed by atoms with Gasteiger partial charge >= 0.3 is 12.4 Å². The van der Waals surface area contributed by atoms with Gasteiger partial charge < -0.3 is 14.5 Å². The molecule has 2 aromatic rings. The number of anilines is 2. The fraction of sp³-hybridized carbons (Fsp3) is 0.231. The van der Waals surface area contributed by atoms with Crippen molar-refractivity contribution in [3.8, 4) is 5.75 Å². The minimum absolute atomic E-state index is 0.189. The number of amides is 2. The van der Waals surface area contributed by atoms with E-state index in [1.165, 1.54) is 6.92 Å². The van der Waals surface area contributed by atoms with Crippen molar-refractivity contribution in [1.29, 1.82) is 0 Å². The molecule has 0 radical (unpaired) electrons. The summed E-state index contributed by atoms with van der Waals surface area (Å²) in [7, 11) is 0. The number of hydrogen-bond donors (Lipinski definition) is 2. The zero-order chi connectivity index (χ0) is 18.8. The van der Waals surface area contributed by atoms with Crippen molar-refractivity contribution in [2.24, 2.45) is 0 Å². The molecule has 0 aliphatic carbocycles. The first-order chi connectivity index (χ1) is 11.6. The van der Waals surface area contributed by atoms with E-state index in [1.807, 2.05) is 0 Å². The van der Waals surface area contributed by atoms with Gasteiger partial charge in [-0.25, -0.2) is 0 Å². The summed E-state index contributed by atoms with van der Waals surface area (Å²) in [5, 5.41) is 10.9. The van der Waals surface area contributed by atoms with Crippen LogP contribution in [-0.2, 0) is 4.79 Å². The molecule has 25 heavy (non-hydrogen) atoms. The highest BCUT2D eigenvalue weighted by Gasteiger charge is 2.33. The Morgan fingerprint density at radius 1 is 1.24 bits per heavy atom. The summed E-state index contributed by atoms with van der Waals surface area (Å²) >= 11 is 5.96. The molecule has 0 saturated heterocycles. The molecule has 134 valence electrons. The summed E-state index contributed by atoms with van der Waals surface area (Å²) in [4.78, 5) is 23.4. The number of nitrogens with one attached hydrogen (secondary N) is 2. The standard InChI is InChI=1S/C13H10ClF3N4O4/c1-5(22)18-10-8(25-13(15,16)17)4-3-7(9(10)14)11(23)19-12-21-20-6(2)24-12/h3-4H,1-2H3,(H,18,22)(H,19,21,23). The maximum Gasteiger partial charge on any atom is 0.573 e. The van der Waals surface area contributed by atoms with Crippen molar-refractivity contribution < 1.29 is 31.9 Å². The second-order valence-corrected chi connectivity index (χ2v) is 4.99. The van der Waals surface area contributed by atoms with E-state index in [1.54, 1.807) is 0 Å². The molecule has 12 heteroatoms. The van der Waals surface area contributed by atoms with Crippen LogP contribution in [0, 0.1) is 6.92 Å². The second-order valence-electron chi connectivity index (χ2n) is 4.61. The zero-order valence-corrected chi connectivity index (χ0v) is 13.4. The summed E-state index contributed by atoms with van der Waals surface area (Å²) in [5.74, 6) is -2.12. The lowest BCUT2D eigenvalue weighted by molar-refractivity contribution is -0.274. The summed E-state index contributed by atoms with van der Waals surface area (Å²) in [5.41, 5.74) is -0.739. The van der Waals surface area contributed by atoms with Crippen molar-refractivity contribution in [2.75, 3.05) is 10.6 Å². The lowest BCUT2D eigenvalue weighted by Gasteiger charge is -2.16. The van der Waals surface area contributed by atoms with Crippen LogP contribution in [0.4, 0.5) is 24.9 Å². The molecule has 0 bridgehead atoms. The number of alkyl halides is 3. The van der Waals surface area contributed by atoms with Crippen molar-refractivity contribution in [3.63, 3.8) is 0 Å². The zero-order valence-electron chi connectivity index (χ0n) is 12.7. The topological polar surface area (TPSA) is 106 Å². The van der Waals surface area contributed by atoms with Crippen LogP contribution in [0.3, 0.4) is 0 Å². The monoisotopic (exact) mass is 378 g/mol. The van der Waals surface area contributed by atoms with Gasteiger partial charge in [0.25, 0.3) is 5.91 Å². The van der Waals surface area contributed by atoms with Gasteiger partial charge in [-0.15, -0.1) is 18.3 Å². The Morgan fingerprint density at radius 2 is 1.92 bits per heavy atom. The highest BCUT2D eigenvalue weighted by Crippen LogP contribution is 2.38. The second kappa shape index (κ2) is 6.97. The molecule has 1 heterocycles. The number of aromatic nitrogens is 2. The number of rotatable bonds is 4. The van der Waals surface area contributed by atoms with Crippen molar-refractivity contribution in [1.82, 2.24) is 10.2 Å². The van der Waals surface area contributed by atoms with E-state index in [0.29, 0.717) is 0 Å². The average Bonchev–Trinajstić information content (AvgIpc) is 2.86. The van der Waals surface area contributed by atoms with Crippen LogP contribution in [0.1, 0.15) is 23.2 Å². The van der Waals surface area contributed by atoms with Gasteiger partial charge in [-0.2, -0.15) is 0 Å². The van der Waals surface area contributed by atoms with Gasteiger partial charge in [0.05, 0.1) is 10.6 Å². The Hall–Kier alpha value is -2.82. The average molecular weight is 379 g/mol. The molecular weight excluding hydrogens is 369 g/mol. The predicted molar refractivity (Wildman–Crippen MR) is 79.4 cm³/mol. The Bertz CT molecular complexity index is 822. The number of nitrogens with zero attached hydrogens (tertiary/aromatic N) is 2. The first-order valence-corrected chi connectivity index (χ1v) is 6.92. The number of halogens is 4. The van der Waals surface area contributed by atoms with E-state index in [9.17, 15) is 22.8 Å². The van der Waals surface area contributed by atoms with Gasteiger partial charge in [-0.05, 0) is 12.1 Å². The quantitative estimate of drug-likeness (QED) is 0.846. The van der Waals surface area contributed by atoms with Crippen LogP contribution in [0.15, 0.2) is 16.5 Å². The van der Waals surface area contributed by atoms with Gasteiger partial charge in [0, 0.05) is 13.8 Å². The Labute approximate surface area is 143 Å². The highest BCUT2D eigenvalue weighted by molar-refractivity contribution is 6.37. The van der Waals surface area contributed by atoms with Crippen molar-refractivity contribution >= 4 is 35.1 Å². The van der Waals surface area contributed by atoms with Crippen LogP contribution < -0.4 is 15.4 Å². The van der Waals surface area contributed by atoms with Crippen molar-refractivity contribution in [3.05, 3.63) is 28.6 Å². The summed E-state index contributed by atoms with van der Waals surface area (Å²) < 4.78 is 46.1. The number of aryl methyl sites for hydroxylation is 1. The van der Waals surface area contributed by atoms with Crippen LogP contribution in [0.25, 0.3) is 0 Å². The molecule has 1 aromatic carbocycles. The summed E-state index contributed by atoms with van der Waals surface area (Å²) in [6.45, 7) is 2.55. The van der Waals surface area contributed by atoms with Gasteiger partial charge in [0.15, 0.2) is 5.75 Å². The van der Waals surface area contributed by atoms with Crippen molar-refractivity contribution in [2.45, 2.75) is 20.2 Å². The Kier molecular flexibility index (Phi) is 5.16. The van der Waals surface area contributed by atoms with Crippen LogP contribution in [-0.4, -0.2) is 28.4 Å². The molecule has 0 aliphatic heterocycles. The Balaban J connectivity index is 2.38. The van der Waals surface area contributed by atoms with Crippen LogP contribution >= 0.6 is 11.6 Å². The minimum atomic E-state index is -5.01. The highest BCUT2D eigenvalue weighted by atomic mass is 35.5. The Morgan fingerprint density at radius 3 is 2.44 bits per heavy atom. The lowest BCUT2D eigenvalue weighted by atomic mass is 10.1. The molecule has 0 unspecified atom stereocenters. The number of carbonyl (C=O) groups is 2. The molecule has 8 nitrogen and oxygen atoms in total. The predicted octanol–water partition coefficient (Wildman–Crippen LogP) is 3.14. The van der Waals surface area contributed by atoms with Gasteiger partial charge in [0.1, 0.15) is 5.69 Å². The van der Waals surface area contributed by atoms with E-state index in [2.05, 4.69) is 25.6 Å². The number of benzene rings is 1. The third-order valence-electron chi connectivity index (χ3n) is 2.62. The smallest absolute Gasteiger partial charge is 0.408 e. The van der Waals surface area contributed by atoms with Crippen LogP contribution in [0.5, 0.6) is 5.75 Å². The maximum atomic E-state index is 12.5. The van der Waals surface area contributed by atoms with E-state index >= 15 is 0 Å². The lowest BCUT2D eigenvalue weighted by Crippen LogP contribution is -2.20. The number of carbonyl (C=O) groups excluding carboxylic acids is 2. The van der Waals surface area contributed by atoms with Gasteiger partial charge in [0.2, 0.25) is 11.8 Å². The normalized spacial score (nSPS) is 11.1. The largest absolute Gasteiger partial charge is 0.573 e. The number of ether oxygens (including phenoxy) is 1. The van der Waals surface area contributed by atoms with E-state index in [0.717, 1.165) is 19.1 Å². The third-order valence-corrected chi connectivity index (χ3v) is 3.01. The molecule has 2 amide bonds. The molecule has 0 atom stereocenters. The molecule has 0 aliphatic rings. The number of hydrogen-bond acceptors (Lipinski definition) is 6. The molecule has 0 spiro atoms. The molecule has 0 saturated carbocycles. The molecule has 2 rings (SSSR count). The van der Waals surface area contributed by atoms with E-state index in [4.69, 9.17) is 16.0 Å². The SMILES string of the molecule is CC(=O)Nc1c(OC(F)(F)F)ccc(C(=O)Nc2nnc(C)o2)c1Cl.